The largest absolute Gasteiger partial charge is 0.352 e. The van der Waals surface area contributed by atoms with Crippen molar-refractivity contribution in [2.45, 2.75) is 25.3 Å². The van der Waals surface area contributed by atoms with Gasteiger partial charge in [0.2, 0.25) is 11.8 Å². The molecule has 14 nitrogen and oxygen atoms in total. The maximum atomic E-state index is 13.4. The van der Waals surface area contributed by atoms with Gasteiger partial charge in [-0.05, 0) is 71.0 Å². The topological polar surface area (TPSA) is 185 Å². The maximum absolute atomic E-state index is 13.4. The molecule has 0 fully saturated rings. The van der Waals surface area contributed by atoms with Crippen LogP contribution < -0.4 is 16.0 Å². The number of amides is 3. The van der Waals surface area contributed by atoms with Crippen molar-refractivity contribution in [1.82, 2.24) is 51.5 Å². The Bertz CT molecular complexity index is 1740. The lowest BCUT2D eigenvalue weighted by atomic mass is 10.0. The third-order valence-electron chi connectivity index (χ3n) is 6.58. The second kappa shape index (κ2) is 15.1. The highest BCUT2D eigenvalue weighted by atomic mass is 35.5. The van der Waals surface area contributed by atoms with E-state index in [9.17, 15) is 14.4 Å². The van der Waals surface area contributed by atoms with Crippen molar-refractivity contribution in [3.8, 4) is 5.69 Å². The van der Waals surface area contributed by atoms with Gasteiger partial charge in [-0.15, -0.1) is 15.3 Å². The number of H-pyrrole nitrogens is 1. The lowest BCUT2D eigenvalue weighted by molar-refractivity contribution is -0.123. The van der Waals surface area contributed by atoms with Gasteiger partial charge in [-0.1, -0.05) is 47.1 Å². The fraction of sp³-hybridized carbons (Fsp3) is 0.167. The Balaban J connectivity index is 1.22. The second-order valence-corrected chi connectivity index (χ2v) is 10.2. The number of rotatable bonds is 13. The van der Waals surface area contributed by atoms with Gasteiger partial charge in [0.15, 0.2) is 5.82 Å². The van der Waals surface area contributed by atoms with Crippen LogP contribution in [0.4, 0.5) is 5.69 Å². The third-order valence-corrected chi connectivity index (χ3v) is 6.82. The second-order valence-electron chi connectivity index (χ2n) is 9.80. The van der Waals surface area contributed by atoms with Crippen molar-refractivity contribution < 1.29 is 14.4 Å². The van der Waals surface area contributed by atoms with E-state index in [2.05, 4.69) is 52.1 Å². The first-order chi connectivity index (χ1) is 21.9. The SMILES string of the molecule is O=C(C=Cc1cc(Cl)ccc1-n1cnnn1)N[C@@H](Cc1ccccc1)C(=O)Nc1ccc(C(=O)NCCCc2nn[nH]n2)cc1. The Kier molecular flexibility index (Phi) is 10.3. The normalized spacial score (nSPS) is 11.7. The first kappa shape index (κ1) is 30.7. The van der Waals surface area contributed by atoms with Gasteiger partial charge in [-0.2, -0.15) is 9.90 Å². The zero-order valence-corrected chi connectivity index (χ0v) is 24.6. The van der Waals surface area contributed by atoms with Crippen LogP contribution in [0.25, 0.3) is 11.8 Å². The van der Waals surface area contributed by atoms with Crippen LogP contribution in [0.5, 0.6) is 0 Å². The molecule has 5 aromatic rings. The number of nitrogens with zero attached hydrogens (tertiary/aromatic N) is 7. The summed E-state index contributed by atoms with van der Waals surface area (Å²) < 4.78 is 1.45. The maximum Gasteiger partial charge on any atom is 0.251 e. The molecule has 0 spiro atoms. The highest BCUT2D eigenvalue weighted by molar-refractivity contribution is 6.30. The molecule has 0 saturated carbocycles. The van der Waals surface area contributed by atoms with E-state index in [1.807, 2.05) is 30.3 Å². The number of aromatic nitrogens is 8. The van der Waals surface area contributed by atoms with Crippen LogP contribution in [-0.4, -0.2) is 71.1 Å². The minimum Gasteiger partial charge on any atom is -0.352 e. The summed E-state index contributed by atoms with van der Waals surface area (Å²) in [6.45, 7) is 0.442. The molecule has 0 aliphatic heterocycles. The number of nitrogens with one attached hydrogen (secondary N) is 4. The van der Waals surface area contributed by atoms with Crippen molar-refractivity contribution in [2.75, 3.05) is 11.9 Å². The first-order valence-corrected chi connectivity index (χ1v) is 14.3. The molecule has 0 aliphatic carbocycles. The molecule has 0 saturated heterocycles. The van der Waals surface area contributed by atoms with Crippen LogP contribution in [-0.2, 0) is 22.4 Å². The number of anilines is 1. The van der Waals surface area contributed by atoms with Gasteiger partial charge in [0, 0.05) is 47.3 Å². The number of benzene rings is 3. The Morgan fingerprint density at radius 1 is 1.02 bits per heavy atom. The fourth-order valence-electron chi connectivity index (χ4n) is 4.36. The number of tetrazole rings is 2. The number of aromatic amines is 1. The highest BCUT2D eigenvalue weighted by Gasteiger charge is 2.21. The van der Waals surface area contributed by atoms with Gasteiger partial charge >= 0.3 is 0 Å². The highest BCUT2D eigenvalue weighted by Crippen LogP contribution is 2.20. The van der Waals surface area contributed by atoms with E-state index < -0.39 is 17.9 Å². The summed E-state index contributed by atoms with van der Waals surface area (Å²) in [4.78, 5) is 38.9. The van der Waals surface area contributed by atoms with Crippen molar-refractivity contribution >= 4 is 41.1 Å². The van der Waals surface area contributed by atoms with Crippen LogP contribution in [0, 0.1) is 0 Å². The van der Waals surface area contributed by atoms with Crippen LogP contribution in [0.15, 0.2) is 85.2 Å². The Hall–Kier alpha value is -5.76. The van der Waals surface area contributed by atoms with E-state index in [0.717, 1.165) is 5.56 Å². The summed E-state index contributed by atoms with van der Waals surface area (Å²) in [5.41, 5.74) is 3.00. The Morgan fingerprint density at radius 2 is 1.84 bits per heavy atom. The summed E-state index contributed by atoms with van der Waals surface area (Å²) in [7, 11) is 0. The molecule has 1 atom stereocenters. The third kappa shape index (κ3) is 8.87. The quantitative estimate of drug-likeness (QED) is 0.113. The van der Waals surface area contributed by atoms with E-state index >= 15 is 0 Å². The van der Waals surface area contributed by atoms with Gasteiger partial charge < -0.3 is 16.0 Å². The summed E-state index contributed by atoms with van der Waals surface area (Å²) in [5, 5.41) is 33.8. The summed E-state index contributed by atoms with van der Waals surface area (Å²) >= 11 is 6.18. The van der Waals surface area contributed by atoms with E-state index in [-0.39, 0.29) is 12.3 Å². The Labute approximate surface area is 262 Å². The summed E-state index contributed by atoms with van der Waals surface area (Å²) in [5.74, 6) is -0.570. The molecule has 3 aromatic carbocycles. The predicted octanol–water partition coefficient (Wildman–Crippen LogP) is 2.57. The smallest absolute Gasteiger partial charge is 0.251 e. The molecule has 0 unspecified atom stereocenters. The van der Waals surface area contributed by atoms with Crippen LogP contribution >= 0.6 is 11.6 Å². The van der Waals surface area contributed by atoms with Gasteiger partial charge in [0.25, 0.3) is 5.91 Å². The molecule has 45 heavy (non-hydrogen) atoms. The monoisotopic (exact) mass is 625 g/mol. The molecule has 5 rings (SSSR count). The molecule has 3 amide bonds. The van der Waals surface area contributed by atoms with Crippen LogP contribution in [0.2, 0.25) is 5.02 Å². The standard InChI is InChI=1S/C30H28ClN11O3/c31-23-11-14-26(42-19-33-38-41-42)22(18-23)10-15-28(43)35-25(17-20-5-2-1-3-6-20)30(45)34-24-12-8-21(9-13-24)29(44)32-16-4-7-27-36-39-40-37-27/h1-3,5-6,8-15,18-19,25H,4,7,16-17H2,(H,32,44)(H,34,45)(H,35,43)(H,36,37,39,40)/t25-/m0/s1. The number of hydrogen-bond donors (Lipinski definition) is 4. The summed E-state index contributed by atoms with van der Waals surface area (Å²) in [6.07, 6.45) is 5.82. The minimum absolute atomic E-state index is 0.245. The van der Waals surface area contributed by atoms with E-state index in [1.54, 1.807) is 48.5 Å². The average Bonchev–Trinajstić information content (AvgIpc) is 3.78. The molecule has 0 radical (unpaired) electrons. The van der Waals surface area contributed by atoms with E-state index in [0.29, 0.717) is 52.7 Å². The molecule has 2 heterocycles. The number of carbonyl (C=O) groups is 3. The molecule has 2 aromatic heterocycles. The Morgan fingerprint density at radius 3 is 2.58 bits per heavy atom. The van der Waals surface area contributed by atoms with Crippen LogP contribution in [0.1, 0.15) is 33.7 Å². The van der Waals surface area contributed by atoms with E-state index in [1.165, 1.54) is 17.1 Å². The predicted molar refractivity (Wildman–Crippen MR) is 165 cm³/mol. The van der Waals surface area contributed by atoms with Crippen LogP contribution in [0.3, 0.4) is 0 Å². The van der Waals surface area contributed by atoms with Gasteiger partial charge in [0.1, 0.15) is 12.4 Å². The fourth-order valence-corrected chi connectivity index (χ4v) is 4.54. The zero-order chi connectivity index (χ0) is 31.4. The van der Waals surface area contributed by atoms with Gasteiger partial charge in [0.05, 0.1) is 5.69 Å². The number of hydrogen-bond acceptors (Lipinski definition) is 9. The van der Waals surface area contributed by atoms with Gasteiger partial charge in [-0.3, -0.25) is 14.4 Å². The molecular weight excluding hydrogens is 598 g/mol. The van der Waals surface area contributed by atoms with Gasteiger partial charge in [-0.25, -0.2) is 0 Å². The van der Waals surface area contributed by atoms with E-state index in [4.69, 9.17) is 11.6 Å². The lowest BCUT2D eigenvalue weighted by Crippen LogP contribution is -2.44. The van der Waals surface area contributed by atoms with Crippen molar-refractivity contribution in [2.24, 2.45) is 0 Å². The number of carbonyl (C=O) groups excluding carboxylic acids is 3. The molecule has 4 N–H and O–H groups in total. The molecule has 228 valence electrons. The summed E-state index contributed by atoms with van der Waals surface area (Å²) in [6, 6.07) is 20.0. The lowest BCUT2D eigenvalue weighted by Gasteiger charge is -2.18. The average molecular weight is 626 g/mol. The van der Waals surface area contributed by atoms with Crippen molar-refractivity contribution in [1.29, 1.82) is 0 Å². The number of aryl methyl sites for hydroxylation is 1. The molecule has 0 bridgehead atoms. The first-order valence-electron chi connectivity index (χ1n) is 13.9. The molecule has 15 heteroatoms. The molecular formula is C30H28ClN11O3. The minimum atomic E-state index is -0.898. The zero-order valence-electron chi connectivity index (χ0n) is 23.8. The number of halogens is 1. The van der Waals surface area contributed by atoms with Crippen molar-refractivity contribution in [3.63, 3.8) is 0 Å². The molecule has 0 aliphatic rings. The van der Waals surface area contributed by atoms with Crippen molar-refractivity contribution in [3.05, 3.63) is 113 Å².